The molecule has 0 aliphatic heterocycles. The molecule has 2 amide bonds. The number of hydrogen-bond donors (Lipinski definition) is 2. The van der Waals surface area contributed by atoms with E-state index in [2.05, 4.69) is 15.7 Å². The van der Waals surface area contributed by atoms with E-state index in [-0.39, 0.29) is 18.4 Å². The highest BCUT2D eigenvalue weighted by atomic mass is 35.5. The van der Waals surface area contributed by atoms with Gasteiger partial charge in [0, 0.05) is 16.9 Å². The summed E-state index contributed by atoms with van der Waals surface area (Å²) in [5.41, 5.74) is 4.13. The maximum Gasteiger partial charge on any atom is 0.254 e. The van der Waals surface area contributed by atoms with E-state index >= 15 is 0 Å². The van der Waals surface area contributed by atoms with Crippen molar-refractivity contribution in [3.05, 3.63) is 82.1 Å². The smallest absolute Gasteiger partial charge is 0.254 e. The van der Waals surface area contributed by atoms with Crippen LogP contribution in [0.5, 0.6) is 0 Å². The molecule has 0 spiro atoms. The maximum atomic E-state index is 12.3. The fourth-order valence-corrected chi connectivity index (χ4v) is 2.91. The van der Waals surface area contributed by atoms with Crippen molar-refractivity contribution in [1.82, 2.24) is 15.1 Å². The summed E-state index contributed by atoms with van der Waals surface area (Å²) < 4.78 is 1.63. The molecule has 0 bridgehead atoms. The third-order valence-electron chi connectivity index (χ3n) is 4.47. The number of aryl methyl sites for hydroxylation is 1. The molecule has 0 saturated carbocycles. The number of nitrogens with one attached hydrogen (secondary N) is 2. The van der Waals surface area contributed by atoms with E-state index in [1.807, 2.05) is 56.3 Å². The van der Waals surface area contributed by atoms with E-state index in [9.17, 15) is 9.59 Å². The summed E-state index contributed by atoms with van der Waals surface area (Å²) in [5, 5.41) is 10.3. The first-order chi connectivity index (χ1) is 13.4. The Bertz CT molecular complexity index is 1010. The van der Waals surface area contributed by atoms with Crippen LogP contribution in [0.15, 0.2) is 54.9 Å². The van der Waals surface area contributed by atoms with Gasteiger partial charge in [-0.1, -0.05) is 41.9 Å². The first-order valence-electron chi connectivity index (χ1n) is 8.84. The summed E-state index contributed by atoms with van der Waals surface area (Å²) in [6, 6.07) is 13.2. The number of hydrogen-bond acceptors (Lipinski definition) is 3. The van der Waals surface area contributed by atoms with Gasteiger partial charge in [0.05, 0.1) is 24.8 Å². The predicted molar refractivity (Wildman–Crippen MR) is 110 cm³/mol. The maximum absolute atomic E-state index is 12.3. The summed E-state index contributed by atoms with van der Waals surface area (Å²) >= 11 is 6.15. The summed E-state index contributed by atoms with van der Waals surface area (Å²) in [4.78, 5) is 24.4. The summed E-state index contributed by atoms with van der Waals surface area (Å²) in [7, 11) is 0. The summed E-state index contributed by atoms with van der Waals surface area (Å²) in [6.45, 7) is 4.26. The lowest BCUT2D eigenvalue weighted by molar-refractivity contribution is -0.115. The Hall–Kier alpha value is -3.12. The van der Waals surface area contributed by atoms with Crippen LogP contribution in [0.3, 0.4) is 0 Å². The number of halogens is 1. The van der Waals surface area contributed by atoms with Crippen LogP contribution in [-0.4, -0.2) is 28.1 Å². The van der Waals surface area contributed by atoms with Crippen LogP contribution >= 0.6 is 11.6 Å². The third-order valence-corrected chi connectivity index (χ3v) is 4.84. The van der Waals surface area contributed by atoms with Gasteiger partial charge in [-0.15, -0.1) is 0 Å². The van der Waals surface area contributed by atoms with Crippen molar-refractivity contribution in [3.63, 3.8) is 0 Å². The minimum atomic E-state index is -0.360. The van der Waals surface area contributed by atoms with Crippen molar-refractivity contribution in [1.29, 1.82) is 0 Å². The number of carbonyl (C=O) groups excluding carboxylic acids is 2. The van der Waals surface area contributed by atoms with Crippen LogP contribution in [0.2, 0.25) is 5.02 Å². The zero-order chi connectivity index (χ0) is 20.1. The van der Waals surface area contributed by atoms with E-state index in [1.165, 1.54) is 6.20 Å². The lowest BCUT2D eigenvalue weighted by Gasteiger charge is -2.10. The van der Waals surface area contributed by atoms with Crippen LogP contribution < -0.4 is 10.6 Å². The van der Waals surface area contributed by atoms with Crippen molar-refractivity contribution in [2.24, 2.45) is 0 Å². The molecule has 1 heterocycles. The molecule has 0 unspecified atom stereocenters. The third kappa shape index (κ3) is 4.78. The van der Waals surface area contributed by atoms with Crippen LogP contribution in [0.1, 0.15) is 27.0 Å². The molecule has 0 radical (unpaired) electrons. The molecule has 2 aromatic carbocycles. The lowest BCUT2D eigenvalue weighted by Crippen LogP contribution is -2.32. The van der Waals surface area contributed by atoms with Gasteiger partial charge < -0.3 is 10.6 Å². The molecule has 6 nitrogen and oxygen atoms in total. The van der Waals surface area contributed by atoms with Gasteiger partial charge in [-0.25, -0.2) is 0 Å². The van der Waals surface area contributed by atoms with Crippen molar-refractivity contribution in [2.45, 2.75) is 20.4 Å². The molecule has 28 heavy (non-hydrogen) atoms. The highest BCUT2D eigenvalue weighted by Gasteiger charge is 2.12. The highest BCUT2D eigenvalue weighted by molar-refractivity contribution is 6.31. The fourth-order valence-electron chi connectivity index (χ4n) is 2.71. The van der Waals surface area contributed by atoms with Crippen LogP contribution in [0.4, 0.5) is 5.69 Å². The van der Waals surface area contributed by atoms with Crippen LogP contribution in [-0.2, 0) is 11.3 Å². The van der Waals surface area contributed by atoms with Crippen LogP contribution in [0, 0.1) is 13.8 Å². The molecular weight excluding hydrogens is 376 g/mol. The van der Waals surface area contributed by atoms with Crippen LogP contribution in [0.25, 0.3) is 0 Å². The largest absolute Gasteiger partial charge is 0.343 e. The SMILES string of the molecule is Cc1cccc(NC(=O)CNC(=O)c2cnn(Cc3ccccc3Cl)c2)c1C. The van der Waals surface area contributed by atoms with Gasteiger partial charge >= 0.3 is 0 Å². The molecule has 3 aromatic rings. The Morgan fingerprint density at radius 1 is 1.11 bits per heavy atom. The number of anilines is 1. The van der Waals surface area contributed by atoms with Gasteiger partial charge in [-0.05, 0) is 42.7 Å². The fraction of sp³-hybridized carbons (Fsp3) is 0.190. The second kappa shape index (κ2) is 8.71. The molecular formula is C21H21ClN4O2. The van der Waals surface area contributed by atoms with E-state index in [1.54, 1.807) is 10.9 Å². The molecule has 0 aliphatic rings. The number of amides is 2. The van der Waals surface area contributed by atoms with Gasteiger partial charge in [0.2, 0.25) is 5.91 Å². The Kier molecular flexibility index (Phi) is 6.11. The van der Waals surface area contributed by atoms with Gasteiger partial charge in [-0.2, -0.15) is 5.10 Å². The number of rotatable bonds is 6. The molecule has 1 aromatic heterocycles. The zero-order valence-corrected chi connectivity index (χ0v) is 16.5. The molecule has 0 aliphatic carbocycles. The average Bonchev–Trinajstić information content (AvgIpc) is 3.14. The van der Waals surface area contributed by atoms with E-state index < -0.39 is 0 Å². The first-order valence-corrected chi connectivity index (χ1v) is 9.22. The van der Waals surface area contributed by atoms with E-state index in [0.717, 1.165) is 22.4 Å². The summed E-state index contributed by atoms with van der Waals surface area (Å²) in [6.07, 6.45) is 3.09. The van der Waals surface area contributed by atoms with Crippen molar-refractivity contribution in [2.75, 3.05) is 11.9 Å². The molecule has 3 rings (SSSR count). The number of nitrogens with zero attached hydrogens (tertiary/aromatic N) is 2. The molecule has 7 heteroatoms. The second-order valence-corrected chi connectivity index (χ2v) is 6.90. The lowest BCUT2D eigenvalue weighted by atomic mass is 10.1. The summed E-state index contributed by atoms with van der Waals surface area (Å²) in [5.74, 6) is -0.646. The second-order valence-electron chi connectivity index (χ2n) is 6.50. The van der Waals surface area contributed by atoms with Crippen molar-refractivity contribution >= 4 is 29.1 Å². The average molecular weight is 397 g/mol. The minimum Gasteiger partial charge on any atom is -0.343 e. The van der Waals surface area contributed by atoms with Gasteiger partial charge in [0.15, 0.2) is 0 Å². The Labute approximate surface area is 168 Å². The van der Waals surface area contributed by atoms with Gasteiger partial charge in [0.25, 0.3) is 5.91 Å². The Balaban J connectivity index is 1.55. The van der Waals surface area contributed by atoms with Crippen molar-refractivity contribution in [3.8, 4) is 0 Å². The molecule has 2 N–H and O–H groups in total. The zero-order valence-electron chi connectivity index (χ0n) is 15.7. The molecule has 0 fully saturated rings. The number of benzene rings is 2. The Morgan fingerprint density at radius 3 is 2.68 bits per heavy atom. The number of carbonyl (C=O) groups is 2. The van der Waals surface area contributed by atoms with Gasteiger partial charge in [0.1, 0.15) is 0 Å². The van der Waals surface area contributed by atoms with E-state index in [4.69, 9.17) is 11.6 Å². The quantitative estimate of drug-likeness (QED) is 0.668. The van der Waals surface area contributed by atoms with E-state index in [0.29, 0.717) is 17.1 Å². The van der Waals surface area contributed by atoms with Crippen molar-refractivity contribution < 1.29 is 9.59 Å². The highest BCUT2D eigenvalue weighted by Crippen LogP contribution is 2.18. The van der Waals surface area contributed by atoms with Gasteiger partial charge in [-0.3, -0.25) is 14.3 Å². The standard InChI is InChI=1S/C21H21ClN4O2/c1-14-6-5-9-19(15(14)2)25-20(27)11-23-21(28)17-10-24-26(13-17)12-16-7-3-4-8-18(16)22/h3-10,13H,11-12H2,1-2H3,(H,23,28)(H,25,27). The number of aromatic nitrogens is 2. The minimum absolute atomic E-state index is 0.123. The molecule has 0 atom stereocenters. The topological polar surface area (TPSA) is 76.0 Å². The Morgan fingerprint density at radius 2 is 1.89 bits per heavy atom. The monoisotopic (exact) mass is 396 g/mol. The normalized spacial score (nSPS) is 10.5. The molecule has 0 saturated heterocycles. The first kappa shape index (κ1) is 19.6. The molecule has 144 valence electrons. The predicted octanol–water partition coefficient (Wildman–Crippen LogP) is 3.57.